The molecule has 0 aromatic heterocycles. The van der Waals surface area contributed by atoms with Crippen molar-refractivity contribution in [3.05, 3.63) is 51.6 Å². The number of amides is 1. The Bertz CT molecular complexity index is 1040. The third-order valence-corrected chi connectivity index (χ3v) is 4.66. The lowest BCUT2D eigenvalue weighted by Gasteiger charge is -2.27. The molecule has 10 nitrogen and oxygen atoms in total. The number of methoxy groups -OCH3 is 1. The van der Waals surface area contributed by atoms with Crippen LogP contribution in [0.4, 0.5) is 5.69 Å². The summed E-state index contributed by atoms with van der Waals surface area (Å²) in [7, 11) is 1.27. The number of nitrogens with one attached hydrogen (secondary N) is 1. The minimum absolute atomic E-state index is 0.000893. The number of phenols is 1. The van der Waals surface area contributed by atoms with Crippen LogP contribution in [-0.4, -0.2) is 42.0 Å². The van der Waals surface area contributed by atoms with Gasteiger partial charge in [0.2, 0.25) is 6.10 Å². The van der Waals surface area contributed by atoms with E-state index >= 15 is 0 Å². The molecule has 1 amide bonds. The van der Waals surface area contributed by atoms with E-state index in [1.54, 1.807) is 6.07 Å². The number of hydrazone groups is 1. The van der Waals surface area contributed by atoms with Crippen LogP contribution in [0.25, 0.3) is 0 Å². The molecule has 0 saturated heterocycles. The molecule has 0 saturated carbocycles. The van der Waals surface area contributed by atoms with E-state index in [1.165, 1.54) is 7.11 Å². The van der Waals surface area contributed by atoms with E-state index in [1.807, 2.05) is 12.1 Å². The van der Waals surface area contributed by atoms with Crippen molar-refractivity contribution in [2.45, 2.75) is 32.3 Å². The second-order valence-electron chi connectivity index (χ2n) is 7.91. The summed E-state index contributed by atoms with van der Waals surface area (Å²) in [5, 5.41) is 24.9. The number of aromatic hydroxyl groups is 1. The number of hydrogen-bond donors (Lipinski definition) is 2. The SMILES string of the molecule is COc1cc([N+](=O)[O-])cc(/C=N\NC(=O)C2COc3ccc(C(C)(C)C)cc3O2)c1O. The average Bonchev–Trinajstić information content (AvgIpc) is 2.73. The van der Waals surface area contributed by atoms with Gasteiger partial charge < -0.3 is 19.3 Å². The Morgan fingerprint density at radius 3 is 2.71 bits per heavy atom. The first kappa shape index (κ1) is 21.9. The molecule has 1 aliphatic rings. The zero-order chi connectivity index (χ0) is 22.8. The van der Waals surface area contributed by atoms with Gasteiger partial charge in [0.05, 0.1) is 24.3 Å². The molecule has 164 valence electrons. The van der Waals surface area contributed by atoms with E-state index in [0.29, 0.717) is 11.5 Å². The highest BCUT2D eigenvalue weighted by Gasteiger charge is 2.28. The number of carbonyl (C=O) groups is 1. The molecule has 10 heteroatoms. The highest BCUT2D eigenvalue weighted by molar-refractivity contribution is 5.88. The number of ether oxygens (including phenoxy) is 3. The molecular weight excluding hydrogens is 406 g/mol. The zero-order valence-electron chi connectivity index (χ0n) is 17.5. The van der Waals surface area contributed by atoms with Crippen molar-refractivity contribution >= 4 is 17.8 Å². The van der Waals surface area contributed by atoms with Crippen LogP contribution in [0.1, 0.15) is 31.9 Å². The van der Waals surface area contributed by atoms with E-state index in [-0.39, 0.29) is 34.8 Å². The van der Waals surface area contributed by atoms with Crippen molar-refractivity contribution in [3.8, 4) is 23.0 Å². The van der Waals surface area contributed by atoms with Crippen molar-refractivity contribution in [3.63, 3.8) is 0 Å². The molecule has 0 bridgehead atoms. The summed E-state index contributed by atoms with van der Waals surface area (Å²) in [6, 6.07) is 7.79. The summed E-state index contributed by atoms with van der Waals surface area (Å²) in [6.07, 6.45) is 0.145. The lowest BCUT2D eigenvalue weighted by Crippen LogP contribution is -2.42. The van der Waals surface area contributed by atoms with Crippen LogP contribution in [0.3, 0.4) is 0 Å². The number of nitro benzene ring substituents is 1. The van der Waals surface area contributed by atoms with Gasteiger partial charge >= 0.3 is 0 Å². The van der Waals surface area contributed by atoms with E-state index < -0.39 is 16.9 Å². The quantitative estimate of drug-likeness (QED) is 0.424. The molecule has 1 unspecified atom stereocenters. The summed E-state index contributed by atoms with van der Waals surface area (Å²) >= 11 is 0. The van der Waals surface area contributed by atoms with Gasteiger partial charge in [0.25, 0.3) is 11.6 Å². The van der Waals surface area contributed by atoms with Crippen molar-refractivity contribution < 1.29 is 29.0 Å². The van der Waals surface area contributed by atoms with Crippen molar-refractivity contribution in [1.82, 2.24) is 5.43 Å². The number of nitrogens with zero attached hydrogens (tertiary/aromatic N) is 2. The molecule has 1 heterocycles. The van der Waals surface area contributed by atoms with Gasteiger partial charge in [-0.15, -0.1) is 0 Å². The highest BCUT2D eigenvalue weighted by Crippen LogP contribution is 2.36. The van der Waals surface area contributed by atoms with Gasteiger partial charge in [0, 0.05) is 11.6 Å². The number of non-ortho nitro benzene ring substituents is 1. The molecule has 2 aromatic rings. The summed E-state index contributed by atoms with van der Waals surface area (Å²) in [4.78, 5) is 22.8. The van der Waals surface area contributed by atoms with Crippen LogP contribution in [0.2, 0.25) is 0 Å². The van der Waals surface area contributed by atoms with E-state index in [2.05, 4.69) is 31.3 Å². The maximum Gasteiger partial charge on any atom is 0.284 e. The van der Waals surface area contributed by atoms with E-state index in [9.17, 15) is 20.0 Å². The van der Waals surface area contributed by atoms with Gasteiger partial charge in [-0.25, -0.2) is 5.43 Å². The minimum Gasteiger partial charge on any atom is -0.504 e. The van der Waals surface area contributed by atoms with Gasteiger partial charge in [0.1, 0.15) is 6.61 Å². The first-order valence-corrected chi connectivity index (χ1v) is 9.42. The Balaban J connectivity index is 1.72. The van der Waals surface area contributed by atoms with E-state index in [4.69, 9.17) is 14.2 Å². The number of fused-ring (bicyclic) bond motifs is 1. The van der Waals surface area contributed by atoms with E-state index in [0.717, 1.165) is 23.9 Å². The number of nitro groups is 1. The first-order chi connectivity index (χ1) is 14.6. The molecule has 2 N–H and O–H groups in total. The number of rotatable bonds is 5. The highest BCUT2D eigenvalue weighted by atomic mass is 16.6. The first-order valence-electron chi connectivity index (χ1n) is 9.42. The van der Waals surface area contributed by atoms with Gasteiger partial charge in [-0.2, -0.15) is 5.10 Å². The molecule has 2 aromatic carbocycles. The summed E-state index contributed by atoms with van der Waals surface area (Å²) in [5.74, 6) is 0.0159. The van der Waals surface area contributed by atoms with Crippen molar-refractivity contribution in [2.75, 3.05) is 13.7 Å². The fourth-order valence-electron chi connectivity index (χ4n) is 2.88. The number of hydrogen-bond acceptors (Lipinski definition) is 8. The smallest absolute Gasteiger partial charge is 0.284 e. The van der Waals surface area contributed by atoms with Gasteiger partial charge in [-0.3, -0.25) is 14.9 Å². The van der Waals surface area contributed by atoms with Crippen LogP contribution < -0.4 is 19.6 Å². The van der Waals surface area contributed by atoms with Crippen molar-refractivity contribution in [1.29, 1.82) is 0 Å². The Labute approximate surface area is 178 Å². The Morgan fingerprint density at radius 1 is 1.32 bits per heavy atom. The molecular formula is C21H23N3O7. The zero-order valence-corrected chi connectivity index (χ0v) is 17.5. The van der Waals surface area contributed by atoms with Crippen LogP contribution in [0, 0.1) is 10.1 Å². The van der Waals surface area contributed by atoms with Crippen LogP contribution >= 0.6 is 0 Å². The lowest BCUT2D eigenvalue weighted by atomic mass is 9.87. The molecule has 0 fully saturated rings. The lowest BCUT2D eigenvalue weighted by molar-refractivity contribution is -0.385. The van der Waals surface area contributed by atoms with Crippen LogP contribution in [0.5, 0.6) is 23.0 Å². The van der Waals surface area contributed by atoms with Gasteiger partial charge in [-0.1, -0.05) is 26.8 Å². The Hall–Kier alpha value is -3.82. The summed E-state index contributed by atoms with van der Waals surface area (Å²) < 4.78 is 16.3. The van der Waals surface area contributed by atoms with Crippen molar-refractivity contribution in [2.24, 2.45) is 5.10 Å². The predicted molar refractivity (Wildman–Crippen MR) is 112 cm³/mol. The maximum absolute atomic E-state index is 12.4. The largest absolute Gasteiger partial charge is 0.504 e. The molecule has 1 atom stereocenters. The second-order valence-corrected chi connectivity index (χ2v) is 7.91. The number of phenolic OH excluding ortho intramolecular Hbond substituents is 1. The molecule has 0 radical (unpaired) electrons. The number of benzene rings is 2. The molecule has 31 heavy (non-hydrogen) atoms. The molecule has 0 spiro atoms. The predicted octanol–water partition coefficient (Wildman–Crippen LogP) is 2.90. The Morgan fingerprint density at radius 2 is 2.06 bits per heavy atom. The molecule has 0 aliphatic carbocycles. The second kappa shape index (κ2) is 8.50. The normalized spacial score (nSPS) is 15.5. The van der Waals surface area contributed by atoms with Gasteiger partial charge in [-0.05, 0) is 23.1 Å². The molecule has 3 rings (SSSR count). The van der Waals surface area contributed by atoms with Crippen LogP contribution in [-0.2, 0) is 10.2 Å². The minimum atomic E-state index is -0.937. The third-order valence-electron chi connectivity index (χ3n) is 4.66. The van der Waals surface area contributed by atoms with Crippen LogP contribution in [0.15, 0.2) is 35.4 Å². The van der Waals surface area contributed by atoms with Gasteiger partial charge in [0.15, 0.2) is 23.0 Å². The maximum atomic E-state index is 12.4. The monoisotopic (exact) mass is 429 g/mol. The third kappa shape index (κ3) is 4.85. The Kier molecular flexibility index (Phi) is 6.00. The standard InChI is InChI=1S/C21H23N3O7/c1-21(2,3)13-5-6-15-16(8-13)31-18(11-30-15)20(26)23-22-10-12-7-14(24(27)28)9-17(29-4)19(12)25/h5-10,18,25H,11H2,1-4H3,(H,23,26)/b22-10-. The fraction of sp³-hybridized carbons (Fsp3) is 0.333. The fourth-order valence-corrected chi connectivity index (χ4v) is 2.88. The summed E-state index contributed by atoms with van der Waals surface area (Å²) in [5.41, 5.74) is 2.94. The summed E-state index contributed by atoms with van der Waals surface area (Å²) in [6.45, 7) is 6.19. The average molecular weight is 429 g/mol. The number of carbonyl (C=O) groups excluding carboxylic acids is 1. The molecule has 1 aliphatic heterocycles. The topological polar surface area (TPSA) is 133 Å².